The van der Waals surface area contributed by atoms with Gasteiger partial charge in [0.15, 0.2) is 0 Å². The van der Waals surface area contributed by atoms with Crippen LogP contribution in [0, 0.1) is 5.92 Å². The van der Waals surface area contributed by atoms with E-state index in [2.05, 4.69) is 5.32 Å². The van der Waals surface area contributed by atoms with Crippen LogP contribution < -0.4 is 5.32 Å². The molecular formula is C5H8FNO. The highest BCUT2D eigenvalue weighted by molar-refractivity contribution is 5.81. The van der Waals surface area contributed by atoms with E-state index < -0.39 is 6.17 Å². The standard InChI is InChI=1S/C5H8FNO/c1-7-5(8)3-2-4(3)6/h3-4H,2H2,1H3,(H,7,8)/t3-,4-/m0/s1. The number of hydrogen-bond donors (Lipinski definition) is 1. The number of carbonyl (C=O) groups is 1. The molecule has 1 rings (SSSR count). The summed E-state index contributed by atoms with van der Waals surface area (Å²) in [5.41, 5.74) is 0. The predicted octanol–water partition coefficient (Wildman–Crippen LogP) is 0.0904. The largest absolute Gasteiger partial charge is 0.359 e. The summed E-state index contributed by atoms with van der Waals surface area (Å²) in [5, 5.41) is 2.38. The Labute approximate surface area is 47.1 Å². The first-order valence-corrected chi connectivity index (χ1v) is 2.61. The van der Waals surface area contributed by atoms with Crippen LogP contribution in [0.4, 0.5) is 4.39 Å². The summed E-state index contributed by atoms with van der Waals surface area (Å²) in [6, 6.07) is 0. The maximum Gasteiger partial charge on any atom is 0.225 e. The fraction of sp³-hybridized carbons (Fsp3) is 0.800. The van der Waals surface area contributed by atoms with Crippen molar-refractivity contribution in [3.05, 3.63) is 0 Å². The van der Waals surface area contributed by atoms with Gasteiger partial charge in [-0.3, -0.25) is 4.79 Å². The number of halogens is 1. The number of alkyl halides is 1. The summed E-state index contributed by atoms with van der Waals surface area (Å²) in [6.07, 6.45) is -0.449. The third-order valence-electron chi connectivity index (χ3n) is 1.30. The smallest absolute Gasteiger partial charge is 0.225 e. The van der Waals surface area contributed by atoms with Gasteiger partial charge in [0.25, 0.3) is 0 Å². The van der Waals surface area contributed by atoms with Crippen LogP contribution in [-0.2, 0) is 4.79 Å². The average molecular weight is 117 g/mol. The van der Waals surface area contributed by atoms with Gasteiger partial charge in [0.2, 0.25) is 5.91 Å². The van der Waals surface area contributed by atoms with Gasteiger partial charge in [0.05, 0.1) is 5.92 Å². The van der Waals surface area contributed by atoms with Gasteiger partial charge < -0.3 is 5.32 Å². The van der Waals surface area contributed by atoms with Crippen molar-refractivity contribution >= 4 is 5.91 Å². The van der Waals surface area contributed by atoms with Gasteiger partial charge in [-0.25, -0.2) is 4.39 Å². The first kappa shape index (κ1) is 5.54. The van der Waals surface area contributed by atoms with Crippen LogP contribution in [0.3, 0.4) is 0 Å². The number of amides is 1. The second-order valence-corrected chi connectivity index (χ2v) is 1.97. The molecule has 2 nitrogen and oxygen atoms in total. The van der Waals surface area contributed by atoms with Crippen molar-refractivity contribution in [2.75, 3.05) is 7.05 Å². The molecule has 0 spiro atoms. The Morgan fingerprint density at radius 2 is 2.38 bits per heavy atom. The quantitative estimate of drug-likeness (QED) is 0.518. The van der Waals surface area contributed by atoms with Crippen molar-refractivity contribution in [3.63, 3.8) is 0 Å². The zero-order chi connectivity index (χ0) is 6.15. The molecule has 0 aromatic heterocycles. The highest BCUT2D eigenvalue weighted by Gasteiger charge is 2.42. The maximum atomic E-state index is 12.0. The molecule has 0 heterocycles. The van der Waals surface area contributed by atoms with Crippen LogP contribution in [0.25, 0.3) is 0 Å². The van der Waals surface area contributed by atoms with Gasteiger partial charge in [0.1, 0.15) is 6.17 Å². The van der Waals surface area contributed by atoms with Gasteiger partial charge in [0, 0.05) is 7.05 Å². The molecule has 1 saturated carbocycles. The Morgan fingerprint density at radius 1 is 1.88 bits per heavy atom. The highest BCUT2D eigenvalue weighted by Crippen LogP contribution is 2.33. The molecule has 2 atom stereocenters. The normalized spacial score (nSPS) is 34.2. The summed E-state index contributed by atoms with van der Waals surface area (Å²) in [4.78, 5) is 10.4. The maximum absolute atomic E-state index is 12.0. The van der Waals surface area contributed by atoms with E-state index in [4.69, 9.17) is 0 Å². The average Bonchev–Trinajstić information content (AvgIpc) is 2.45. The lowest BCUT2D eigenvalue weighted by Gasteiger charge is -1.90. The van der Waals surface area contributed by atoms with E-state index in [-0.39, 0.29) is 11.8 Å². The Balaban J connectivity index is 2.28. The molecule has 3 heteroatoms. The van der Waals surface area contributed by atoms with Gasteiger partial charge in [-0.2, -0.15) is 0 Å². The topological polar surface area (TPSA) is 29.1 Å². The molecule has 0 aliphatic heterocycles. The predicted molar refractivity (Wildman–Crippen MR) is 27.1 cm³/mol. The van der Waals surface area contributed by atoms with Crippen molar-refractivity contribution in [1.82, 2.24) is 5.32 Å². The Morgan fingerprint density at radius 3 is 2.50 bits per heavy atom. The molecule has 1 N–H and O–H groups in total. The fourth-order valence-electron chi connectivity index (χ4n) is 0.621. The molecule has 1 aliphatic rings. The van der Waals surface area contributed by atoms with Gasteiger partial charge in [-0.1, -0.05) is 0 Å². The van der Waals surface area contributed by atoms with Crippen molar-refractivity contribution in [2.24, 2.45) is 5.92 Å². The minimum absolute atomic E-state index is 0.169. The van der Waals surface area contributed by atoms with E-state index in [0.29, 0.717) is 6.42 Å². The molecule has 0 aromatic carbocycles. The Bertz CT molecular complexity index is 115. The van der Waals surface area contributed by atoms with E-state index in [1.54, 1.807) is 0 Å². The van der Waals surface area contributed by atoms with E-state index in [0.717, 1.165) is 0 Å². The van der Waals surface area contributed by atoms with Crippen molar-refractivity contribution in [1.29, 1.82) is 0 Å². The van der Waals surface area contributed by atoms with Gasteiger partial charge in [-0.05, 0) is 6.42 Å². The minimum Gasteiger partial charge on any atom is -0.359 e. The van der Waals surface area contributed by atoms with Crippen LogP contribution in [0.2, 0.25) is 0 Å². The van der Waals surface area contributed by atoms with Crippen LogP contribution in [0.1, 0.15) is 6.42 Å². The monoisotopic (exact) mass is 117 g/mol. The molecule has 1 aliphatic carbocycles. The molecule has 0 bridgehead atoms. The summed E-state index contributed by atoms with van der Waals surface area (Å²) < 4.78 is 12.0. The van der Waals surface area contributed by atoms with Crippen molar-refractivity contribution in [3.8, 4) is 0 Å². The van der Waals surface area contributed by atoms with Gasteiger partial charge >= 0.3 is 0 Å². The molecule has 8 heavy (non-hydrogen) atoms. The summed E-state index contributed by atoms with van der Waals surface area (Å²) in [6.45, 7) is 0. The third kappa shape index (κ3) is 0.804. The lowest BCUT2D eigenvalue weighted by molar-refractivity contribution is -0.122. The molecule has 0 aromatic rings. The zero-order valence-corrected chi connectivity index (χ0v) is 4.65. The summed E-state index contributed by atoms with van der Waals surface area (Å²) >= 11 is 0. The number of carbonyl (C=O) groups excluding carboxylic acids is 1. The number of hydrogen-bond acceptors (Lipinski definition) is 1. The van der Waals surface area contributed by atoms with Crippen LogP contribution in [0.15, 0.2) is 0 Å². The van der Waals surface area contributed by atoms with E-state index >= 15 is 0 Å². The lowest BCUT2D eigenvalue weighted by atomic mass is 10.4. The first-order valence-electron chi connectivity index (χ1n) is 2.61. The zero-order valence-electron chi connectivity index (χ0n) is 4.65. The van der Waals surface area contributed by atoms with E-state index in [1.165, 1.54) is 7.05 Å². The van der Waals surface area contributed by atoms with E-state index in [9.17, 15) is 9.18 Å². The fourth-order valence-corrected chi connectivity index (χ4v) is 0.621. The Hall–Kier alpha value is -0.600. The molecule has 46 valence electrons. The highest BCUT2D eigenvalue weighted by atomic mass is 19.1. The Kier molecular flexibility index (Phi) is 1.19. The van der Waals surface area contributed by atoms with Gasteiger partial charge in [-0.15, -0.1) is 0 Å². The molecule has 0 saturated heterocycles. The first-order chi connectivity index (χ1) is 3.75. The second kappa shape index (κ2) is 1.73. The third-order valence-corrected chi connectivity index (χ3v) is 1.30. The molecule has 0 radical (unpaired) electrons. The van der Waals surface area contributed by atoms with Crippen molar-refractivity contribution < 1.29 is 9.18 Å². The number of rotatable bonds is 1. The second-order valence-electron chi connectivity index (χ2n) is 1.97. The summed E-state index contributed by atoms with van der Waals surface area (Å²) in [7, 11) is 1.52. The minimum atomic E-state index is -0.866. The lowest BCUT2D eigenvalue weighted by Crippen LogP contribution is -2.20. The van der Waals surface area contributed by atoms with E-state index in [1.807, 2.05) is 0 Å². The molecule has 0 unspecified atom stereocenters. The number of nitrogens with one attached hydrogen (secondary N) is 1. The van der Waals surface area contributed by atoms with Crippen LogP contribution >= 0.6 is 0 Å². The molecular weight excluding hydrogens is 109 g/mol. The molecule has 1 amide bonds. The van der Waals surface area contributed by atoms with Crippen molar-refractivity contribution in [2.45, 2.75) is 12.6 Å². The summed E-state index contributed by atoms with van der Waals surface area (Å²) in [5.74, 6) is -0.502. The van der Waals surface area contributed by atoms with Crippen LogP contribution in [-0.4, -0.2) is 19.1 Å². The SMILES string of the molecule is CNC(=O)[C@H]1C[C@@H]1F. The molecule has 1 fully saturated rings. The van der Waals surface area contributed by atoms with Crippen LogP contribution in [0.5, 0.6) is 0 Å².